The lowest BCUT2D eigenvalue weighted by molar-refractivity contribution is 0.0917. The Bertz CT molecular complexity index is 1210. The fraction of sp³-hybridized carbons (Fsp3) is 0.318. The van der Waals surface area contributed by atoms with Gasteiger partial charge in [-0.15, -0.1) is 0 Å². The number of aromatic nitrogens is 2. The molecule has 162 valence electrons. The van der Waals surface area contributed by atoms with Crippen LogP contribution < -0.4 is 16.2 Å². The molecule has 1 atom stereocenters. The van der Waals surface area contributed by atoms with E-state index < -0.39 is 23.3 Å². The molecule has 1 aliphatic rings. The molecule has 0 bridgehead atoms. The number of benzene rings is 1. The molecule has 0 saturated heterocycles. The molecule has 31 heavy (non-hydrogen) atoms. The predicted molar refractivity (Wildman–Crippen MR) is 114 cm³/mol. The molecule has 9 heteroatoms. The first-order valence-electron chi connectivity index (χ1n) is 10.1. The number of amides is 1. The van der Waals surface area contributed by atoms with E-state index in [1.165, 1.54) is 16.7 Å². The van der Waals surface area contributed by atoms with Crippen molar-refractivity contribution in [1.29, 1.82) is 0 Å². The van der Waals surface area contributed by atoms with E-state index in [1.807, 2.05) is 0 Å². The molecule has 1 amide bonds. The minimum Gasteiger partial charge on any atom is -0.505 e. The van der Waals surface area contributed by atoms with E-state index in [4.69, 9.17) is 0 Å². The van der Waals surface area contributed by atoms with Crippen LogP contribution in [0.4, 0.5) is 10.1 Å². The van der Waals surface area contributed by atoms with E-state index in [0.717, 1.165) is 11.1 Å². The third kappa shape index (κ3) is 3.84. The number of rotatable bonds is 5. The van der Waals surface area contributed by atoms with Gasteiger partial charge < -0.3 is 25.4 Å². The highest BCUT2D eigenvalue weighted by atomic mass is 19.1. The van der Waals surface area contributed by atoms with E-state index in [9.17, 15) is 24.2 Å². The van der Waals surface area contributed by atoms with Crippen LogP contribution in [0.3, 0.4) is 0 Å². The molecule has 4 N–H and O–H groups in total. The first-order valence-corrected chi connectivity index (χ1v) is 10.1. The lowest BCUT2D eigenvalue weighted by Crippen LogP contribution is -2.39. The Morgan fingerprint density at radius 1 is 1.35 bits per heavy atom. The zero-order valence-electron chi connectivity index (χ0n) is 17.0. The molecule has 0 spiro atoms. The summed E-state index contributed by atoms with van der Waals surface area (Å²) in [6.07, 6.45) is 2.68. The second-order valence-electron chi connectivity index (χ2n) is 7.68. The largest absolute Gasteiger partial charge is 0.505 e. The SMILES string of the molecule is CC(CO)NC(=O)c1c(O)c2ncc(Cc3ccc(F)cc3)c3c2n(c1=O)CCCN3. The number of nitrogens with zero attached hydrogens (tertiary/aromatic N) is 2. The lowest BCUT2D eigenvalue weighted by Gasteiger charge is -2.18. The van der Waals surface area contributed by atoms with Crippen molar-refractivity contribution in [3.05, 3.63) is 63.3 Å². The van der Waals surface area contributed by atoms with Crippen molar-refractivity contribution in [2.75, 3.05) is 18.5 Å². The number of pyridine rings is 2. The van der Waals surface area contributed by atoms with E-state index >= 15 is 0 Å². The number of anilines is 1. The zero-order chi connectivity index (χ0) is 22.1. The molecular formula is C22H23FN4O4. The number of carbonyl (C=O) groups excluding carboxylic acids is 1. The van der Waals surface area contributed by atoms with Crippen LogP contribution in [-0.4, -0.2) is 44.9 Å². The van der Waals surface area contributed by atoms with Gasteiger partial charge in [-0.05, 0) is 31.0 Å². The van der Waals surface area contributed by atoms with Crippen LogP contribution in [0.2, 0.25) is 0 Å². The van der Waals surface area contributed by atoms with E-state index in [2.05, 4.69) is 15.6 Å². The average Bonchev–Trinajstić information content (AvgIpc) is 2.98. The number of aryl methyl sites for hydroxylation is 1. The molecule has 0 saturated carbocycles. The normalized spacial score (nSPS) is 14.0. The summed E-state index contributed by atoms with van der Waals surface area (Å²) in [6, 6.07) is 5.56. The summed E-state index contributed by atoms with van der Waals surface area (Å²) in [4.78, 5) is 30.2. The number of carbonyl (C=O) groups is 1. The Hall–Kier alpha value is -3.46. The fourth-order valence-corrected chi connectivity index (χ4v) is 3.79. The Morgan fingerprint density at radius 3 is 2.81 bits per heavy atom. The van der Waals surface area contributed by atoms with Crippen molar-refractivity contribution in [3.63, 3.8) is 0 Å². The number of halogens is 1. The molecule has 0 radical (unpaired) electrons. The highest BCUT2D eigenvalue weighted by Crippen LogP contribution is 2.34. The van der Waals surface area contributed by atoms with Crippen LogP contribution >= 0.6 is 0 Å². The van der Waals surface area contributed by atoms with Gasteiger partial charge in [0.15, 0.2) is 5.75 Å². The van der Waals surface area contributed by atoms with Crippen LogP contribution in [0.25, 0.3) is 11.0 Å². The summed E-state index contributed by atoms with van der Waals surface area (Å²) in [6.45, 7) is 2.24. The van der Waals surface area contributed by atoms with E-state index in [1.54, 1.807) is 25.3 Å². The Kier molecular flexibility index (Phi) is 5.60. The number of nitrogens with one attached hydrogen (secondary N) is 2. The quantitative estimate of drug-likeness (QED) is 0.494. The maximum atomic E-state index is 13.3. The van der Waals surface area contributed by atoms with Crippen molar-refractivity contribution in [1.82, 2.24) is 14.9 Å². The van der Waals surface area contributed by atoms with Crippen molar-refractivity contribution < 1.29 is 19.4 Å². The standard InChI is InChI=1S/C22H23FN4O4/c1-12(11-28)26-21(30)16-20(29)18-19-17(24-7-2-8-27(19)22(16)31)14(10-25-18)9-13-3-5-15(23)6-4-13/h3-6,10,12,24,28-29H,2,7-9,11H2,1H3,(H,26,30). The second kappa shape index (κ2) is 8.35. The zero-order valence-corrected chi connectivity index (χ0v) is 17.0. The minimum absolute atomic E-state index is 0.147. The highest BCUT2D eigenvalue weighted by molar-refractivity contribution is 6.04. The molecule has 1 aliphatic heterocycles. The summed E-state index contributed by atoms with van der Waals surface area (Å²) >= 11 is 0. The molecule has 8 nitrogen and oxygen atoms in total. The van der Waals surface area contributed by atoms with Crippen molar-refractivity contribution in [3.8, 4) is 5.75 Å². The van der Waals surface area contributed by atoms with Gasteiger partial charge in [0, 0.05) is 37.3 Å². The Labute approximate surface area is 177 Å². The number of aliphatic hydroxyl groups is 1. The van der Waals surface area contributed by atoms with Gasteiger partial charge in [0.2, 0.25) is 0 Å². The topological polar surface area (TPSA) is 116 Å². The number of aliphatic hydroxyl groups excluding tert-OH is 1. The first-order chi connectivity index (χ1) is 14.9. The van der Waals surface area contributed by atoms with Crippen LogP contribution in [0.5, 0.6) is 5.75 Å². The Morgan fingerprint density at radius 2 is 2.10 bits per heavy atom. The van der Waals surface area contributed by atoms with Crippen LogP contribution in [0.15, 0.2) is 35.3 Å². The first kappa shape index (κ1) is 20.8. The van der Waals surface area contributed by atoms with Gasteiger partial charge in [-0.25, -0.2) is 4.39 Å². The molecular weight excluding hydrogens is 403 g/mol. The lowest BCUT2D eigenvalue weighted by atomic mass is 10.0. The number of aromatic hydroxyl groups is 1. The fourth-order valence-electron chi connectivity index (χ4n) is 3.79. The summed E-state index contributed by atoms with van der Waals surface area (Å²) < 4.78 is 14.7. The van der Waals surface area contributed by atoms with Gasteiger partial charge in [-0.2, -0.15) is 0 Å². The molecule has 4 rings (SSSR count). The van der Waals surface area contributed by atoms with Crippen LogP contribution in [0, 0.1) is 5.82 Å². The molecule has 3 aromatic rings. The van der Waals surface area contributed by atoms with Crippen molar-refractivity contribution in [2.45, 2.75) is 32.4 Å². The molecule has 1 unspecified atom stereocenters. The van der Waals surface area contributed by atoms with E-state index in [-0.39, 0.29) is 23.5 Å². The maximum Gasteiger partial charge on any atom is 0.267 e. The second-order valence-corrected chi connectivity index (χ2v) is 7.68. The minimum atomic E-state index is -0.759. The van der Waals surface area contributed by atoms with Gasteiger partial charge in [0.05, 0.1) is 17.8 Å². The van der Waals surface area contributed by atoms with Gasteiger partial charge in [-0.3, -0.25) is 14.6 Å². The number of hydrogen-bond acceptors (Lipinski definition) is 6. The van der Waals surface area contributed by atoms with Crippen LogP contribution in [0.1, 0.15) is 34.8 Å². The van der Waals surface area contributed by atoms with Gasteiger partial charge in [-0.1, -0.05) is 12.1 Å². The molecule has 2 aromatic heterocycles. The summed E-state index contributed by atoms with van der Waals surface area (Å²) in [5.74, 6) is -1.57. The Balaban J connectivity index is 1.88. The molecule has 3 heterocycles. The smallest absolute Gasteiger partial charge is 0.267 e. The third-order valence-corrected chi connectivity index (χ3v) is 5.37. The van der Waals surface area contributed by atoms with Gasteiger partial charge in [0.1, 0.15) is 16.9 Å². The average molecular weight is 426 g/mol. The van der Waals surface area contributed by atoms with Gasteiger partial charge >= 0.3 is 0 Å². The van der Waals surface area contributed by atoms with E-state index in [0.29, 0.717) is 37.1 Å². The van der Waals surface area contributed by atoms with Crippen LogP contribution in [-0.2, 0) is 13.0 Å². The molecule has 0 aliphatic carbocycles. The predicted octanol–water partition coefficient (Wildman–Crippen LogP) is 1.76. The highest BCUT2D eigenvalue weighted by Gasteiger charge is 2.27. The molecule has 0 fully saturated rings. The summed E-state index contributed by atoms with van der Waals surface area (Å²) in [5.41, 5.74) is 1.91. The van der Waals surface area contributed by atoms with Gasteiger partial charge in [0.25, 0.3) is 11.5 Å². The summed E-state index contributed by atoms with van der Waals surface area (Å²) in [5, 5.41) is 25.8. The monoisotopic (exact) mass is 426 g/mol. The maximum absolute atomic E-state index is 13.3. The third-order valence-electron chi connectivity index (χ3n) is 5.37. The summed E-state index contributed by atoms with van der Waals surface area (Å²) in [7, 11) is 0. The van der Waals surface area contributed by atoms with Crippen molar-refractivity contribution >= 4 is 22.6 Å². The number of hydrogen-bond donors (Lipinski definition) is 4. The molecule has 1 aromatic carbocycles. The van der Waals surface area contributed by atoms with Crippen molar-refractivity contribution in [2.24, 2.45) is 0 Å².